The molecule has 0 aliphatic carbocycles. The Hall–Kier alpha value is -4.47. The van der Waals surface area contributed by atoms with Crippen molar-refractivity contribution >= 4 is 29.2 Å². The van der Waals surface area contributed by atoms with Gasteiger partial charge in [-0.15, -0.1) is 0 Å². The first-order chi connectivity index (χ1) is 17.3. The number of benzene rings is 2. The number of aromatic nitrogens is 1. The van der Waals surface area contributed by atoms with Gasteiger partial charge in [-0.2, -0.15) is 0 Å². The number of nitrogens with zero attached hydrogens (tertiary/aromatic N) is 3. The Morgan fingerprint density at radius 3 is 2.36 bits per heavy atom. The molecule has 0 saturated carbocycles. The Morgan fingerprint density at radius 1 is 1.03 bits per heavy atom. The number of amides is 2. The van der Waals surface area contributed by atoms with Crippen molar-refractivity contribution in [3.05, 3.63) is 89.5 Å². The van der Waals surface area contributed by atoms with Gasteiger partial charge in [0.25, 0.3) is 11.8 Å². The van der Waals surface area contributed by atoms with E-state index in [9.17, 15) is 23.9 Å². The molecule has 1 saturated heterocycles. The molecule has 2 heterocycles. The van der Waals surface area contributed by atoms with Crippen LogP contribution in [0.5, 0.6) is 0 Å². The molecule has 1 atom stereocenters. The number of anilines is 2. The number of hydrogen-bond acceptors (Lipinski definition) is 6. The molecule has 9 nitrogen and oxygen atoms in total. The fourth-order valence-corrected chi connectivity index (χ4v) is 4.17. The van der Waals surface area contributed by atoms with Gasteiger partial charge in [0, 0.05) is 44.1 Å². The van der Waals surface area contributed by atoms with Gasteiger partial charge in [0.15, 0.2) is 0 Å². The number of carbonyl (C=O) groups excluding carboxylic acids is 2. The van der Waals surface area contributed by atoms with Crippen molar-refractivity contribution in [2.45, 2.75) is 12.5 Å². The van der Waals surface area contributed by atoms with Crippen molar-refractivity contribution < 1.29 is 23.9 Å². The Kier molecular flexibility index (Phi) is 7.43. The molecule has 4 rings (SSSR count). The maximum absolute atomic E-state index is 13.3. The molecule has 4 N–H and O–H groups in total. The van der Waals surface area contributed by atoms with E-state index in [1.165, 1.54) is 24.3 Å². The van der Waals surface area contributed by atoms with E-state index in [0.717, 1.165) is 5.69 Å². The Labute approximate surface area is 207 Å². The van der Waals surface area contributed by atoms with Crippen LogP contribution in [0.25, 0.3) is 0 Å². The molecular formula is C26H26FN5O4. The van der Waals surface area contributed by atoms with E-state index in [2.05, 4.69) is 15.2 Å². The standard InChI is InChI=1S/C26H26FN5O4/c27-20-6-3-17(4-7-20)22(15-24(33)34)30-25(35)18-5-8-23(21(28)14-18)31-10-12-32(13-11-31)26(36)19-2-1-9-29-16-19/h1-9,14,16,22H,10-13,15,28H2,(H,30,35)(H,33,34). The van der Waals surface area contributed by atoms with Crippen LogP contribution in [0.4, 0.5) is 15.8 Å². The van der Waals surface area contributed by atoms with Gasteiger partial charge in [0.1, 0.15) is 5.82 Å². The van der Waals surface area contributed by atoms with Crippen LogP contribution in [-0.2, 0) is 4.79 Å². The van der Waals surface area contributed by atoms with E-state index < -0.39 is 23.7 Å². The molecule has 3 aromatic rings. The van der Waals surface area contributed by atoms with Crippen molar-refractivity contribution in [1.29, 1.82) is 0 Å². The van der Waals surface area contributed by atoms with E-state index in [-0.39, 0.29) is 17.9 Å². The quantitative estimate of drug-likeness (QED) is 0.434. The van der Waals surface area contributed by atoms with Gasteiger partial charge >= 0.3 is 5.97 Å². The highest BCUT2D eigenvalue weighted by atomic mass is 19.1. The van der Waals surface area contributed by atoms with Crippen LogP contribution in [0, 0.1) is 5.82 Å². The number of aliphatic carboxylic acids is 1. The molecule has 0 bridgehead atoms. The van der Waals surface area contributed by atoms with E-state index in [4.69, 9.17) is 5.73 Å². The monoisotopic (exact) mass is 491 g/mol. The third-order valence-corrected chi connectivity index (χ3v) is 6.06. The zero-order valence-corrected chi connectivity index (χ0v) is 19.4. The summed E-state index contributed by atoms with van der Waals surface area (Å²) in [5.41, 5.74) is 8.72. The summed E-state index contributed by atoms with van der Waals surface area (Å²) in [4.78, 5) is 44.6. The molecule has 0 radical (unpaired) electrons. The minimum atomic E-state index is -1.10. The second kappa shape index (κ2) is 10.9. The van der Waals surface area contributed by atoms with Gasteiger partial charge in [-0.3, -0.25) is 19.4 Å². The number of nitrogen functional groups attached to an aromatic ring is 1. The number of piperazine rings is 1. The number of hydrogen-bond donors (Lipinski definition) is 3. The Balaban J connectivity index is 1.41. The Bertz CT molecular complexity index is 1240. The molecule has 1 unspecified atom stereocenters. The van der Waals surface area contributed by atoms with Gasteiger partial charge in [-0.05, 0) is 48.0 Å². The highest BCUT2D eigenvalue weighted by molar-refractivity contribution is 5.97. The van der Waals surface area contributed by atoms with Crippen LogP contribution in [-0.4, -0.2) is 59.0 Å². The number of nitrogens with two attached hydrogens (primary N) is 1. The van der Waals surface area contributed by atoms with Crippen LogP contribution >= 0.6 is 0 Å². The predicted octanol–water partition coefficient (Wildman–Crippen LogP) is 2.71. The van der Waals surface area contributed by atoms with Crippen LogP contribution in [0.1, 0.15) is 38.7 Å². The fourth-order valence-electron chi connectivity index (χ4n) is 4.17. The molecule has 1 aromatic heterocycles. The van der Waals surface area contributed by atoms with Crippen LogP contribution in [0.15, 0.2) is 67.0 Å². The van der Waals surface area contributed by atoms with Gasteiger partial charge in [-0.1, -0.05) is 12.1 Å². The number of pyridine rings is 1. The number of nitrogens with one attached hydrogen (secondary N) is 1. The average molecular weight is 492 g/mol. The minimum Gasteiger partial charge on any atom is -0.481 e. The molecule has 186 valence electrons. The lowest BCUT2D eigenvalue weighted by Crippen LogP contribution is -2.49. The van der Waals surface area contributed by atoms with Gasteiger partial charge in [0.05, 0.1) is 29.4 Å². The number of rotatable bonds is 7. The normalized spacial score (nSPS) is 14.2. The Morgan fingerprint density at radius 2 is 1.75 bits per heavy atom. The largest absolute Gasteiger partial charge is 0.481 e. The van der Waals surface area contributed by atoms with E-state index >= 15 is 0 Å². The first kappa shape index (κ1) is 24.6. The summed E-state index contributed by atoms with van der Waals surface area (Å²) in [5.74, 6) is -2.11. The lowest BCUT2D eigenvalue weighted by molar-refractivity contribution is -0.137. The smallest absolute Gasteiger partial charge is 0.305 e. The summed E-state index contributed by atoms with van der Waals surface area (Å²) >= 11 is 0. The maximum atomic E-state index is 13.3. The van der Waals surface area contributed by atoms with Crippen molar-refractivity contribution in [1.82, 2.24) is 15.2 Å². The fraction of sp³-hybridized carbons (Fsp3) is 0.231. The lowest BCUT2D eigenvalue weighted by Gasteiger charge is -2.36. The van der Waals surface area contributed by atoms with Crippen LogP contribution < -0.4 is 16.0 Å². The highest BCUT2D eigenvalue weighted by Gasteiger charge is 2.24. The summed E-state index contributed by atoms with van der Waals surface area (Å²) in [5, 5.41) is 11.9. The molecule has 1 fully saturated rings. The van der Waals surface area contributed by atoms with E-state index in [1.807, 2.05) is 0 Å². The third kappa shape index (κ3) is 5.77. The molecule has 2 aromatic carbocycles. The van der Waals surface area contributed by atoms with Crippen molar-refractivity contribution in [2.24, 2.45) is 0 Å². The van der Waals surface area contributed by atoms with Gasteiger partial charge in [-0.25, -0.2) is 4.39 Å². The van der Waals surface area contributed by atoms with E-state index in [1.54, 1.807) is 47.6 Å². The van der Waals surface area contributed by atoms with Crippen molar-refractivity contribution in [3.8, 4) is 0 Å². The molecular weight excluding hydrogens is 465 g/mol. The number of carboxylic acids is 1. The van der Waals surface area contributed by atoms with Crippen molar-refractivity contribution in [2.75, 3.05) is 36.8 Å². The zero-order valence-electron chi connectivity index (χ0n) is 19.4. The molecule has 1 aliphatic rings. The summed E-state index contributed by atoms with van der Waals surface area (Å²) in [6.07, 6.45) is 2.82. The highest BCUT2D eigenvalue weighted by Crippen LogP contribution is 2.27. The third-order valence-electron chi connectivity index (χ3n) is 6.06. The summed E-state index contributed by atoms with van der Waals surface area (Å²) < 4.78 is 13.3. The zero-order chi connectivity index (χ0) is 25.7. The topological polar surface area (TPSA) is 129 Å². The first-order valence-corrected chi connectivity index (χ1v) is 11.4. The summed E-state index contributed by atoms with van der Waals surface area (Å²) in [6.45, 7) is 2.19. The van der Waals surface area contributed by atoms with Crippen LogP contribution in [0.3, 0.4) is 0 Å². The average Bonchev–Trinajstić information content (AvgIpc) is 2.88. The maximum Gasteiger partial charge on any atom is 0.305 e. The van der Waals surface area contributed by atoms with Gasteiger partial charge < -0.3 is 26.0 Å². The lowest BCUT2D eigenvalue weighted by atomic mass is 10.0. The number of halogens is 1. The molecule has 36 heavy (non-hydrogen) atoms. The SMILES string of the molecule is Nc1cc(C(=O)NC(CC(=O)O)c2ccc(F)cc2)ccc1N1CCN(C(=O)c2cccnc2)CC1. The molecule has 1 aliphatic heterocycles. The van der Waals surface area contributed by atoms with Crippen molar-refractivity contribution in [3.63, 3.8) is 0 Å². The molecule has 10 heteroatoms. The predicted molar refractivity (Wildman–Crippen MR) is 132 cm³/mol. The second-order valence-electron chi connectivity index (χ2n) is 8.47. The number of carbonyl (C=O) groups is 3. The second-order valence-corrected chi connectivity index (χ2v) is 8.47. The molecule has 2 amide bonds. The molecule has 0 spiro atoms. The first-order valence-electron chi connectivity index (χ1n) is 11.4. The summed E-state index contributed by atoms with van der Waals surface area (Å²) in [7, 11) is 0. The summed E-state index contributed by atoms with van der Waals surface area (Å²) in [6, 6.07) is 12.9. The van der Waals surface area contributed by atoms with E-state index in [0.29, 0.717) is 43.0 Å². The minimum absolute atomic E-state index is 0.0696. The van der Waals surface area contributed by atoms with Crippen LogP contribution in [0.2, 0.25) is 0 Å². The van der Waals surface area contributed by atoms with Gasteiger partial charge in [0.2, 0.25) is 0 Å². The number of carboxylic acid groups (broad SMARTS) is 1.